The summed E-state index contributed by atoms with van der Waals surface area (Å²) in [6.45, 7) is 5.87. The van der Waals surface area contributed by atoms with Crippen LogP contribution in [0, 0.1) is 6.92 Å². The van der Waals surface area contributed by atoms with E-state index >= 15 is 0 Å². The minimum atomic E-state index is -0.352. The second-order valence-corrected chi connectivity index (χ2v) is 4.17. The van der Waals surface area contributed by atoms with Crippen molar-refractivity contribution in [3.63, 3.8) is 0 Å². The van der Waals surface area contributed by atoms with Crippen LogP contribution in [0.15, 0.2) is 36.0 Å². The average molecular weight is 259 g/mol. The minimum absolute atomic E-state index is 0.352. The van der Waals surface area contributed by atoms with Gasteiger partial charge in [-0.1, -0.05) is 12.1 Å². The number of fused-ring (bicyclic) bond motifs is 1. The van der Waals surface area contributed by atoms with Crippen LogP contribution in [0.25, 0.3) is 11.0 Å². The Morgan fingerprint density at radius 2 is 2.21 bits per heavy atom. The normalized spacial score (nSPS) is 11.6. The van der Waals surface area contributed by atoms with Gasteiger partial charge in [0.15, 0.2) is 0 Å². The predicted octanol–water partition coefficient (Wildman–Crippen LogP) is 2.36. The number of imidazole rings is 1. The molecule has 100 valence electrons. The smallest absolute Gasteiger partial charge is 0.332 e. The van der Waals surface area contributed by atoms with Gasteiger partial charge in [-0.05, 0) is 32.9 Å². The van der Waals surface area contributed by atoms with Crippen LogP contribution in [-0.2, 0) is 9.53 Å². The zero-order valence-electron chi connectivity index (χ0n) is 11.3. The molecule has 0 aliphatic heterocycles. The Bertz CT molecular complexity index is 629. The summed E-state index contributed by atoms with van der Waals surface area (Å²) in [4.78, 5) is 15.8. The van der Waals surface area contributed by atoms with E-state index in [9.17, 15) is 4.79 Å². The van der Waals surface area contributed by atoms with Gasteiger partial charge in [-0.2, -0.15) is 0 Å². The number of benzene rings is 1. The summed E-state index contributed by atoms with van der Waals surface area (Å²) in [5, 5.41) is 0. The molecule has 0 fully saturated rings. The number of carbonyl (C=O) groups is 1. The molecule has 0 saturated carbocycles. The molecule has 0 bridgehead atoms. The van der Waals surface area contributed by atoms with Crippen molar-refractivity contribution in [1.82, 2.24) is 9.66 Å². The summed E-state index contributed by atoms with van der Waals surface area (Å²) in [6, 6.07) is 7.82. The molecule has 0 aliphatic rings. The van der Waals surface area contributed by atoms with Crippen LogP contribution in [-0.4, -0.2) is 22.2 Å². The molecule has 0 spiro atoms. The van der Waals surface area contributed by atoms with Gasteiger partial charge in [0.1, 0.15) is 5.82 Å². The Labute approximate surface area is 111 Å². The first kappa shape index (κ1) is 13.1. The van der Waals surface area contributed by atoms with Crippen LogP contribution in [0.1, 0.15) is 19.7 Å². The maximum Gasteiger partial charge on any atom is 0.332 e. The highest BCUT2D eigenvalue weighted by molar-refractivity contribution is 5.83. The third-order valence-electron chi connectivity index (χ3n) is 2.64. The second-order valence-electron chi connectivity index (χ2n) is 4.17. The number of allylic oxidation sites excluding steroid dienone is 1. The van der Waals surface area contributed by atoms with Crippen molar-refractivity contribution in [2.45, 2.75) is 20.8 Å². The third kappa shape index (κ3) is 2.93. The molecule has 1 aromatic heterocycles. The van der Waals surface area contributed by atoms with Gasteiger partial charge in [0.05, 0.1) is 17.6 Å². The van der Waals surface area contributed by atoms with Gasteiger partial charge < -0.3 is 4.74 Å². The molecule has 2 aromatic rings. The fraction of sp³-hybridized carbons (Fsp3) is 0.286. The molecule has 0 radical (unpaired) electrons. The lowest BCUT2D eigenvalue weighted by Gasteiger charge is -2.10. The number of para-hydroxylation sites is 2. The molecule has 0 atom stereocenters. The van der Waals surface area contributed by atoms with E-state index in [1.807, 2.05) is 42.8 Å². The Morgan fingerprint density at radius 3 is 2.95 bits per heavy atom. The maximum atomic E-state index is 11.4. The van der Waals surface area contributed by atoms with E-state index in [0.29, 0.717) is 12.3 Å². The average Bonchev–Trinajstić information content (AvgIpc) is 2.66. The van der Waals surface area contributed by atoms with Crippen LogP contribution >= 0.6 is 0 Å². The number of nitrogens with zero attached hydrogens (tertiary/aromatic N) is 2. The van der Waals surface area contributed by atoms with Crippen LogP contribution in [0.5, 0.6) is 0 Å². The second kappa shape index (κ2) is 5.56. The van der Waals surface area contributed by atoms with E-state index in [1.165, 1.54) is 6.08 Å². The van der Waals surface area contributed by atoms with Crippen molar-refractivity contribution in [2.75, 3.05) is 12.0 Å². The Hall–Kier alpha value is -2.30. The SMILES string of the molecule is CCOC(=O)/C=C(\C)Nn1c(C)nc2ccccc21. The van der Waals surface area contributed by atoms with Gasteiger partial charge in [0.25, 0.3) is 0 Å². The molecule has 1 aromatic carbocycles. The summed E-state index contributed by atoms with van der Waals surface area (Å²) in [5.41, 5.74) is 5.72. The van der Waals surface area contributed by atoms with E-state index in [1.54, 1.807) is 6.92 Å². The number of aromatic nitrogens is 2. The molecule has 0 amide bonds. The van der Waals surface area contributed by atoms with Gasteiger partial charge in [-0.15, -0.1) is 0 Å². The van der Waals surface area contributed by atoms with Crippen molar-refractivity contribution in [2.24, 2.45) is 0 Å². The van der Waals surface area contributed by atoms with Gasteiger partial charge in [0, 0.05) is 11.8 Å². The fourth-order valence-electron chi connectivity index (χ4n) is 1.86. The van der Waals surface area contributed by atoms with Gasteiger partial charge >= 0.3 is 5.97 Å². The predicted molar refractivity (Wildman–Crippen MR) is 74.2 cm³/mol. The van der Waals surface area contributed by atoms with Crippen molar-refractivity contribution >= 4 is 17.0 Å². The molecule has 5 nitrogen and oxygen atoms in total. The molecule has 0 unspecified atom stereocenters. The van der Waals surface area contributed by atoms with Crippen LogP contribution in [0.4, 0.5) is 0 Å². The summed E-state index contributed by atoms with van der Waals surface area (Å²) in [5.74, 6) is 0.479. The van der Waals surface area contributed by atoms with Crippen LogP contribution < -0.4 is 5.43 Å². The van der Waals surface area contributed by atoms with Crippen molar-refractivity contribution < 1.29 is 9.53 Å². The number of esters is 1. The standard InChI is InChI=1S/C14H17N3O2/c1-4-19-14(18)9-10(2)16-17-11(3)15-12-7-5-6-8-13(12)17/h5-9,16H,4H2,1-3H3/b10-9+. The summed E-state index contributed by atoms with van der Waals surface area (Å²) < 4.78 is 6.72. The van der Waals surface area contributed by atoms with E-state index in [2.05, 4.69) is 10.4 Å². The lowest BCUT2D eigenvalue weighted by atomic mass is 10.3. The minimum Gasteiger partial charge on any atom is -0.463 e. The quantitative estimate of drug-likeness (QED) is 0.676. The highest BCUT2D eigenvalue weighted by Crippen LogP contribution is 2.14. The Morgan fingerprint density at radius 1 is 1.47 bits per heavy atom. The number of carbonyl (C=O) groups excluding carboxylic acids is 1. The lowest BCUT2D eigenvalue weighted by molar-refractivity contribution is -0.137. The monoisotopic (exact) mass is 259 g/mol. The van der Waals surface area contributed by atoms with Gasteiger partial charge in [-0.3, -0.25) is 5.43 Å². The first-order chi connectivity index (χ1) is 9.11. The van der Waals surface area contributed by atoms with Crippen LogP contribution in [0.2, 0.25) is 0 Å². The van der Waals surface area contributed by atoms with Crippen LogP contribution in [0.3, 0.4) is 0 Å². The molecule has 0 saturated heterocycles. The summed E-state index contributed by atoms with van der Waals surface area (Å²) >= 11 is 0. The highest BCUT2D eigenvalue weighted by Gasteiger charge is 2.07. The molecule has 0 aliphatic carbocycles. The number of aryl methyl sites for hydroxylation is 1. The number of ether oxygens (including phenoxy) is 1. The number of hydrogen-bond donors (Lipinski definition) is 1. The van der Waals surface area contributed by atoms with Crippen molar-refractivity contribution in [3.05, 3.63) is 41.9 Å². The maximum absolute atomic E-state index is 11.4. The largest absolute Gasteiger partial charge is 0.463 e. The van der Waals surface area contributed by atoms with E-state index in [4.69, 9.17) is 4.74 Å². The fourth-order valence-corrected chi connectivity index (χ4v) is 1.86. The topological polar surface area (TPSA) is 56.1 Å². The number of rotatable bonds is 4. The molecule has 1 N–H and O–H groups in total. The van der Waals surface area contributed by atoms with E-state index in [-0.39, 0.29) is 5.97 Å². The first-order valence-electron chi connectivity index (χ1n) is 6.18. The van der Waals surface area contributed by atoms with Gasteiger partial charge in [-0.25, -0.2) is 14.5 Å². The first-order valence-corrected chi connectivity index (χ1v) is 6.18. The molecule has 5 heteroatoms. The molecular weight excluding hydrogens is 242 g/mol. The number of hydrogen-bond acceptors (Lipinski definition) is 4. The Balaban J connectivity index is 2.26. The van der Waals surface area contributed by atoms with Crippen molar-refractivity contribution in [1.29, 1.82) is 0 Å². The molecule has 19 heavy (non-hydrogen) atoms. The lowest BCUT2D eigenvalue weighted by Crippen LogP contribution is -2.15. The van der Waals surface area contributed by atoms with Gasteiger partial charge in [0.2, 0.25) is 0 Å². The highest BCUT2D eigenvalue weighted by atomic mass is 16.5. The van der Waals surface area contributed by atoms with E-state index in [0.717, 1.165) is 16.9 Å². The van der Waals surface area contributed by atoms with E-state index < -0.39 is 0 Å². The zero-order chi connectivity index (χ0) is 13.8. The molecular formula is C14H17N3O2. The third-order valence-corrected chi connectivity index (χ3v) is 2.64. The Kier molecular flexibility index (Phi) is 3.85. The van der Waals surface area contributed by atoms with Crippen molar-refractivity contribution in [3.8, 4) is 0 Å². The molecule has 2 rings (SSSR count). The number of nitrogens with one attached hydrogen (secondary N) is 1. The summed E-state index contributed by atoms with van der Waals surface area (Å²) in [7, 11) is 0. The zero-order valence-corrected chi connectivity index (χ0v) is 11.3. The molecule has 1 heterocycles. The summed E-state index contributed by atoms with van der Waals surface area (Å²) in [6.07, 6.45) is 1.43.